The smallest absolute Gasteiger partial charge is 0.338 e. The Bertz CT molecular complexity index is 947. The van der Waals surface area contributed by atoms with Crippen molar-refractivity contribution in [3.05, 3.63) is 71.5 Å². The number of aryl methyl sites for hydroxylation is 2. The van der Waals surface area contributed by atoms with E-state index in [0.717, 1.165) is 22.5 Å². The molecule has 0 aliphatic carbocycles. The number of carbonyl (C=O) groups excluding carboxylic acids is 2. The molecule has 3 aromatic rings. The minimum Gasteiger partial charge on any atom is -0.449 e. The Morgan fingerprint density at radius 3 is 2.48 bits per heavy atom. The van der Waals surface area contributed by atoms with Gasteiger partial charge in [0.2, 0.25) is 0 Å². The monoisotopic (exact) mass is 363 g/mol. The third kappa shape index (κ3) is 4.41. The lowest BCUT2D eigenvalue weighted by Crippen LogP contribution is -2.30. The van der Waals surface area contributed by atoms with Crippen LogP contribution in [0.15, 0.2) is 54.9 Å². The summed E-state index contributed by atoms with van der Waals surface area (Å²) in [5.74, 6) is -0.206. The molecule has 3 rings (SSSR count). The van der Waals surface area contributed by atoms with E-state index in [1.807, 2.05) is 32.0 Å². The van der Waals surface area contributed by atoms with Gasteiger partial charge in [-0.25, -0.2) is 9.78 Å². The van der Waals surface area contributed by atoms with Crippen molar-refractivity contribution in [1.29, 1.82) is 0 Å². The van der Waals surface area contributed by atoms with Crippen LogP contribution < -0.4 is 5.32 Å². The molecule has 6 heteroatoms. The van der Waals surface area contributed by atoms with Crippen molar-refractivity contribution >= 4 is 17.6 Å². The van der Waals surface area contributed by atoms with E-state index in [2.05, 4.69) is 15.3 Å². The molecule has 1 heterocycles. The average Bonchev–Trinajstić information content (AvgIpc) is 3.18. The second-order valence-electron chi connectivity index (χ2n) is 6.37. The molecule has 1 amide bonds. The van der Waals surface area contributed by atoms with Crippen molar-refractivity contribution in [2.75, 3.05) is 5.32 Å². The first-order valence-electron chi connectivity index (χ1n) is 8.63. The van der Waals surface area contributed by atoms with Crippen LogP contribution in [0, 0.1) is 13.8 Å². The van der Waals surface area contributed by atoms with Gasteiger partial charge in [0.05, 0.1) is 5.56 Å². The normalized spacial score (nSPS) is 11.7. The van der Waals surface area contributed by atoms with Crippen molar-refractivity contribution in [2.24, 2.45) is 0 Å². The molecule has 6 nitrogen and oxygen atoms in total. The second kappa shape index (κ2) is 7.86. The predicted molar refractivity (Wildman–Crippen MR) is 103 cm³/mol. The first-order valence-corrected chi connectivity index (χ1v) is 8.63. The number of hydrogen-bond acceptors (Lipinski definition) is 4. The number of rotatable bonds is 5. The highest BCUT2D eigenvalue weighted by atomic mass is 16.5. The number of amides is 1. The van der Waals surface area contributed by atoms with E-state index in [-0.39, 0.29) is 5.91 Å². The van der Waals surface area contributed by atoms with Crippen molar-refractivity contribution in [1.82, 2.24) is 9.97 Å². The van der Waals surface area contributed by atoms with Gasteiger partial charge in [-0.2, -0.15) is 0 Å². The van der Waals surface area contributed by atoms with Gasteiger partial charge >= 0.3 is 5.97 Å². The number of imidazole rings is 1. The number of benzene rings is 2. The highest BCUT2D eigenvalue weighted by Crippen LogP contribution is 2.18. The average molecular weight is 363 g/mol. The van der Waals surface area contributed by atoms with Gasteiger partial charge in [-0.1, -0.05) is 29.8 Å². The van der Waals surface area contributed by atoms with Crippen molar-refractivity contribution in [2.45, 2.75) is 26.9 Å². The largest absolute Gasteiger partial charge is 0.449 e. The molecule has 0 saturated heterocycles. The summed E-state index contributed by atoms with van der Waals surface area (Å²) < 4.78 is 5.29. The highest BCUT2D eigenvalue weighted by molar-refractivity contribution is 5.97. The van der Waals surface area contributed by atoms with Gasteiger partial charge < -0.3 is 15.0 Å². The summed E-state index contributed by atoms with van der Waals surface area (Å²) >= 11 is 0. The molecular formula is C21H21N3O3. The van der Waals surface area contributed by atoms with Gasteiger partial charge in [-0.3, -0.25) is 4.79 Å². The Morgan fingerprint density at radius 1 is 1.11 bits per heavy atom. The zero-order valence-electron chi connectivity index (χ0n) is 15.4. The Hall–Kier alpha value is -3.41. The summed E-state index contributed by atoms with van der Waals surface area (Å²) in [5.41, 5.74) is 4.00. The topological polar surface area (TPSA) is 84.1 Å². The molecule has 2 N–H and O–H groups in total. The molecule has 1 unspecified atom stereocenters. The number of nitrogens with one attached hydrogen (secondary N) is 2. The van der Waals surface area contributed by atoms with Crippen LogP contribution in [-0.4, -0.2) is 27.9 Å². The molecule has 138 valence electrons. The SMILES string of the molecule is Cc1ccc(NC(=O)C(C)OC(=O)c2ccc(-c3ncc[nH]3)cc2)c(C)c1. The van der Waals surface area contributed by atoms with Crippen molar-refractivity contribution in [3.63, 3.8) is 0 Å². The van der Waals surface area contributed by atoms with Crippen LogP contribution in [0.1, 0.15) is 28.4 Å². The number of aromatic nitrogens is 2. The minimum absolute atomic E-state index is 0.372. The molecule has 0 saturated carbocycles. The molecule has 1 aromatic heterocycles. The van der Waals surface area contributed by atoms with Crippen LogP contribution in [0.2, 0.25) is 0 Å². The van der Waals surface area contributed by atoms with E-state index < -0.39 is 12.1 Å². The number of H-pyrrole nitrogens is 1. The zero-order valence-corrected chi connectivity index (χ0v) is 15.4. The molecule has 0 aliphatic heterocycles. The van der Waals surface area contributed by atoms with E-state index in [9.17, 15) is 9.59 Å². The standard InChI is InChI=1S/C21H21N3O3/c1-13-4-9-18(14(2)12-13)24-20(25)15(3)27-21(26)17-7-5-16(6-8-17)19-22-10-11-23-19/h4-12,15H,1-3H3,(H,22,23)(H,24,25). The molecule has 0 aliphatic rings. The fourth-order valence-corrected chi connectivity index (χ4v) is 2.66. The fraction of sp³-hybridized carbons (Fsp3) is 0.190. The number of aromatic amines is 1. The second-order valence-corrected chi connectivity index (χ2v) is 6.37. The third-order valence-corrected chi connectivity index (χ3v) is 4.19. The first-order chi connectivity index (χ1) is 12.9. The molecular weight excluding hydrogens is 342 g/mol. The Kier molecular flexibility index (Phi) is 5.35. The van der Waals surface area contributed by atoms with E-state index in [0.29, 0.717) is 11.3 Å². The molecule has 0 spiro atoms. The molecule has 2 aromatic carbocycles. The predicted octanol–water partition coefficient (Wildman–Crippen LogP) is 3.88. The maximum atomic E-state index is 12.3. The van der Waals surface area contributed by atoms with Crippen LogP contribution >= 0.6 is 0 Å². The number of carbonyl (C=O) groups is 2. The lowest BCUT2D eigenvalue weighted by Gasteiger charge is -2.15. The number of esters is 1. The van der Waals surface area contributed by atoms with E-state index in [1.165, 1.54) is 0 Å². The number of ether oxygens (including phenoxy) is 1. The van der Waals surface area contributed by atoms with Gasteiger partial charge in [-0.15, -0.1) is 0 Å². The van der Waals surface area contributed by atoms with Gasteiger partial charge in [0.1, 0.15) is 5.82 Å². The van der Waals surface area contributed by atoms with Gasteiger partial charge in [-0.05, 0) is 44.5 Å². The quantitative estimate of drug-likeness (QED) is 0.674. The molecule has 0 radical (unpaired) electrons. The lowest BCUT2D eigenvalue weighted by atomic mass is 10.1. The van der Waals surface area contributed by atoms with Gasteiger partial charge in [0.15, 0.2) is 6.10 Å². The lowest BCUT2D eigenvalue weighted by molar-refractivity contribution is -0.123. The van der Waals surface area contributed by atoms with Crippen LogP contribution in [0.4, 0.5) is 5.69 Å². The Labute approximate surface area is 157 Å². The maximum Gasteiger partial charge on any atom is 0.338 e. The molecule has 27 heavy (non-hydrogen) atoms. The van der Waals surface area contributed by atoms with Gasteiger partial charge in [0, 0.05) is 23.6 Å². The summed E-state index contributed by atoms with van der Waals surface area (Å²) in [6.45, 7) is 5.45. The summed E-state index contributed by atoms with van der Waals surface area (Å²) in [6, 6.07) is 12.6. The van der Waals surface area contributed by atoms with Crippen LogP contribution in [0.3, 0.4) is 0 Å². The highest BCUT2D eigenvalue weighted by Gasteiger charge is 2.19. The zero-order chi connectivity index (χ0) is 19.4. The number of nitrogens with zero attached hydrogens (tertiary/aromatic N) is 1. The van der Waals surface area contributed by atoms with Gasteiger partial charge in [0.25, 0.3) is 5.91 Å². The number of hydrogen-bond donors (Lipinski definition) is 2. The third-order valence-electron chi connectivity index (χ3n) is 4.19. The summed E-state index contributed by atoms with van der Waals surface area (Å²) in [4.78, 5) is 31.8. The van der Waals surface area contributed by atoms with Crippen molar-refractivity contribution in [3.8, 4) is 11.4 Å². The van der Waals surface area contributed by atoms with E-state index >= 15 is 0 Å². The fourth-order valence-electron chi connectivity index (χ4n) is 2.66. The van der Waals surface area contributed by atoms with Crippen molar-refractivity contribution < 1.29 is 14.3 Å². The summed E-state index contributed by atoms with van der Waals surface area (Å²) in [7, 11) is 0. The van der Waals surface area contributed by atoms with Crippen LogP contribution in [0.25, 0.3) is 11.4 Å². The van der Waals surface area contributed by atoms with Crippen LogP contribution in [0.5, 0.6) is 0 Å². The molecule has 0 bridgehead atoms. The molecule has 0 fully saturated rings. The summed E-state index contributed by atoms with van der Waals surface area (Å²) in [6.07, 6.45) is 2.48. The number of anilines is 1. The summed E-state index contributed by atoms with van der Waals surface area (Å²) in [5, 5.41) is 2.79. The molecule has 1 atom stereocenters. The maximum absolute atomic E-state index is 12.3. The van der Waals surface area contributed by atoms with E-state index in [1.54, 1.807) is 43.6 Å². The Morgan fingerprint density at radius 2 is 1.85 bits per heavy atom. The minimum atomic E-state index is -0.914. The first kappa shape index (κ1) is 18.4. The Balaban J connectivity index is 1.62. The van der Waals surface area contributed by atoms with E-state index in [4.69, 9.17) is 4.74 Å². The van der Waals surface area contributed by atoms with Crippen LogP contribution in [-0.2, 0) is 9.53 Å².